The van der Waals surface area contributed by atoms with Crippen molar-refractivity contribution in [2.45, 2.75) is 71.6 Å². The van der Waals surface area contributed by atoms with Crippen LogP contribution in [0.4, 0.5) is 5.82 Å². The van der Waals surface area contributed by atoms with Gasteiger partial charge in [-0.25, -0.2) is 4.98 Å². The van der Waals surface area contributed by atoms with Gasteiger partial charge in [-0.15, -0.1) is 0 Å². The number of aromatic nitrogens is 1. The van der Waals surface area contributed by atoms with E-state index in [1.807, 2.05) is 12.3 Å². The van der Waals surface area contributed by atoms with E-state index in [0.717, 1.165) is 26.2 Å². The van der Waals surface area contributed by atoms with Crippen LogP contribution in [0, 0.1) is 0 Å². The van der Waals surface area contributed by atoms with Crippen molar-refractivity contribution in [1.82, 2.24) is 14.8 Å². The molecule has 2 aliphatic heterocycles. The maximum atomic E-state index is 5.56. The molecule has 1 fully saturated rings. The maximum absolute atomic E-state index is 5.56. The van der Waals surface area contributed by atoms with E-state index in [1.54, 1.807) is 0 Å². The van der Waals surface area contributed by atoms with Gasteiger partial charge in [-0.1, -0.05) is 30.3 Å². The van der Waals surface area contributed by atoms with Crippen molar-refractivity contribution in [2.75, 3.05) is 18.8 Å². The van der Waals surface area contributed by atoms with Gasteiger partial charge in [-0.2, -0.15) is 0 Å². The first-order valence-electron chi connectivity index (χ1n) is 10.3. The molecule has 4 nitrogen and oxygen atoms in total. The van der Waals surface area contributed by atoms with Crippen molar-refractivity contribution in [3.8, 4) is 0 Å². The number of likely N-dealkylation sites (tertiary alicyclic amines) is 1. The van der Waals surface area contributed by atoms with Gasteiger partial charge in [0.25, 0.3) is 0 Å². The molecule has 0 aliphatic carbocycles. The fourth-order valence-corrected chi connectivity index (χ4v) is 3.70. The van der Waals surface area contributed by atoms with Gasteiger partial charge in [0.15, 0.2) is 0 Å². The highest BCUT2D eigenvalue weighted by atomic mass is 15.2. The summed E-state index contributed by atoms with van der Waals surface area (Å²) < 4.78 is 0. The van der Waals surface area contributed by atoms with E-state index in [9.17, 15) is 0 Å². The van der Waals surface area contributed by atoms with Crippen LogP contribution >= 0.6 is 0 Å². The zero-order valence-corrected chi connectivity index (χ0v) is 18.4. The topological polar surface area (TPSA) is 45.4 Å². The Labute approximate surface area is 170 Å². The minimum atomic E-state index is 0.289. The molecule has 3 heterocycles. The molecule has 0 radical (unpaired) electrons. The Kier molecular flexibility index (Phi) is 5.83. The number of nitrogens with zero attached hydrogens (tertiary/aromatic N) is 3. The summed E-state index contributed by atoms with van der Waals surface area (Å²) in [7, 11) is 0. The van der Waals surface area contributed by atoms with Crippen LogP contribution in [0.25, 0.3) is 0 Å². The Balaban J connectivity index is 0.000000162. The largest absolute Gasteiger partial charge is 0.384 e. The Morgan fingerprint density at radius 1 is 0.821 bits per heavy atom. The third kappa shape index (κ3) is 4.92. The molecule has 4 rings (SSSR count). The predicted molar refractivity (Wildman–Crippen MR) is 118 cm³/mol. The van der Waals surface area contributed by atoms with E-state index in [2.05, 4.69) is 86.7 Å². The van der Waals surface area contributed by atoms with Crippen molar-refractivity contribution < 1.29 is 0 Å². The fraction of sp³-hybridized carbons (Fsp3) is 0.542. The van der Waals surface area contributed by atoms with Crippen LogP contribution in [0.15, 0.2) is 42.6 Å². The lowest BCUT2D eigenvalue weighted by molar-refractivity contribution is 0.0469. The van der Waals surface area contributed by atoms with Crippen LogP contribution in [0.3, 0.4) is 0 Å². The van der Waals surface area contributed by atoms with Crippen molar-refractivity contribution in [3.63, 3.8) is 0 Å². The summed E-state index contributed by atoms with van der Waals surface area (Å²) in [5.74, 6) is 1.24. The molecule has 152 valence electrons. The van der Waals surface area contributed by atoms with Crippen molar-refractivity contribution >= 4 is 5.82 Å². The molecule has 28 heavy (non-hydrogen) atoms. The van der Waals surface area contributed by atoms with Gasteiger partial charge in [0.1, 0.15) is 5.82 Å². The number of pyridine rings is 1. The minimum Gasteiger partial charge on any atom is -0.384 e. The maximum Gasteiger partial charge on any atom is 0.123 e. The highest BCUT2D eigenvalue weighted by Crippen LogP contribution is 2.32. The molecular weight excluding hydrogens is 344 g/mol. The van der Waals surface area contributed by atoms with E-state index >= 15 is 0 Å². The monoisotopic (exact) mass is 380 g/mol. The molecule has 0 unspecified atom stereocenters. The number of anilines is 1. The molecule has 1 saturated heterocycles. The lowest BCUT2D eigenvalue weighted by Crippen LogP contribution is -2.54. The van der Waals surface area contributed by atoms with Crippen LogP contribution in [0.5, 0.6) is 0 Å². The molecule has 2 aliphatic rings. The van der Waals surface area contributed by atoms with Crippen LogP contribution in [0.1, 0.15) is 64.2 Å². The summed E-state index contributed by atoms with van der Waals surface area (Å²) in [6.07, 6.45) is 1.90. The fourth-order valence-electron chi connectivity index (χ4n) is 3.70. The number of nitrogen functional groups attached to an aromatic ring is 1. The molecule has 0 spiro atoms. The first kappa shape index (κ1) is 20.8. The van der Waals surface area contributed by atoms with E-state index in [0.29, 0.717) is 17.3 Å². The van der Waals surface area contributed by atoms with Gasteiger partial charge in [0.2, 0.25) is 0 Å². The molecule has 2 N–H and O–H groups in total. The Morgan fingerprint density at radius 2 is 1.36 bits per heavy atom. The van der Waals surface area contributed by atoms with Gasteiger partial charge < -0.3 is 5.73 Å². The molecular formula is C24H36N4. The van der Waals surface area contributed by atoms with Crippen molar-refractivity contribution in [3.05, 3.63) is 59.3 Å². The Hall–Kier alpha value is -1.91. The van der Waals surface area contributed by atoms with Crippen LogP contribution in [0.2, 0.25) is 0 Å². The zero-order chi connectivity index (χ0) is 20.5. The standard InChI is InChI=1S/C12H19N3.C12H17N/c1-12(2,3)15-7-10(8-15)9-4-5-11(13)14-6-9;1-12(2,3)13-8-10-6-4-5-7-11(10)9-13/h4-6,10H,7-8H2,1-3H3,(H2,13,14);4-7H,8-9H2,1-3H3. The molecule has 2 aromatic rings. The molecule has 0 saturated carbocycles. The van der Waals surface area contributed by atoms with Gasteiger partial charge in [-0.05, 0) is 64.3 Å². The molecule has 1 aromatic heterocycles. The summed E-state index contributed by atoms with van der Waals surface area (Å²) >= 11 is 0. The highest BCUT2D eigenvalue weighted by Gasteiger charge is 2.35. The van der Waals surface area contributed by atoms with Gasteiger partial charge >= 0.3 is 0 Å². The lowest BCUT2D eigenvalue weighted by atomic mass is 9.88. The molecule has 0 atom stereocenters. The van der Waals surface area contributed by atoms with Gasteiger partial charge in [-0.3, -0.25) is 9.80 Å². The first-order chi connectivity index (χ1) is 13.0. The summed E-state index contributed by atoms with van der Waals surface area (Å²) in [4.78, 5) is 9.12. The average Bonchev–Trinajstić information content (AvgIpc) is 2.99. The molecule has 4 heteroatoms. The van der Waals surface area contributed by atoms with E-state index < -0.39 is 0 Å². The zero-order valence-electron chi connectivity index (χ0n) is 18.4. The number of hydrogen-bond donors (Lipinski definition) is 1. The normalized spacial score (nSPS) is 18.2. The van der Waals surface area contributed by atoms with Crippen LogP contribution < -0.4 is 5.73 Å². The third-order valence-electron chi connectivity index (χ3n) is 5.90. The highest BCUT2D eigenvalue weighted by molar-refractivity contribution is 5.32. The van der Waals surface area contributed by atoms with Crippen molar-refractivity contribution in [2.24, 2.45) is 0 Å². The molecule has 0 amide bonds. The quantitative estimate of drug-likeness (QED) is 0.781. The SMILES string of the molecule is CC(C)(C)N1CC(c2ccc(N)nc2)C1.CC(C)(C)N1Cc2ccccc2C1. The van der Waals surface area contributed by atoms with E-state index in [-0.39, 0.29) is 5.54 Å². The first-order valence-corrected chi connectivity index (χ1v) is 10.3. The lowest BCUT2D eigenvalue weighted by Gasteiger charge is -2.47. The average molecular weight is 381 g/mol. The van der Waals surface area contributed by atoms with Crippen LogP contribution in [-0.4, -0.2) is 39.0 Å². The minimum absolute atomic E-state index is 0.289. The summed E-state index contributed by atoms with van der Waals surface area (Å²) in [6.45, 7) is 18.1. The van der Waals surface area contributed by atoms with Crippen LogP contribution in [-0.2, 0) is 13.1 Å². The number of nitrogens with two attached hydrogens (primary N) is 1. The smallest absolute Gasteiger partial charge is 0.123 e. The second kappa shape index (κ2) is 7.84. The summed E-state index contributed by atoms with van der Waals surface area (Å²) in [5, 5.41) is 0. The van der Waals surface area contributed by atoms with Gasteiger partial charge in [0.05, 0.1) is 0 Å². The van der Waals surface area contributed by atoms with E-state index in [4.69, 9.17) is 5.73 Å². The van der Waals surface area contributed by atoms with Crippen molar-refractivity contribution in [1.29, 1.82) is 0 Å². The number of hydrogen-bond acceptors (Lipinski definition) is 4. The Bertz CT molecular complexity index is 752. The molecule has 1 aromatic carbocycles. The van der Waals surface area contributed by atoms with E-state index in [1.165, 1.54) is 16.7 Å². The second-order valence-corrected chi connectivity index (χ2v) is 10.1. The summed E-state index contributed by atoms with van der Waals surface area (Å²) in [6, 6.07) is 12.7. The number of fused-ring (bicyclic) bond motifs is 1. The predicted octanol–water partition coefficient (Wildman–Crippen LogP) is 4.66. The summed E-state index contributed by atoms with van der Waals surface area (Å²) in [5.41, 5.74) is 10.4. The molecule has 0 bridgehead atoms. The number of benzene rings is 1. The van der Waals surface area contributed by atoms with Gasteiger partial charge in [0, 0.05) is 49.4 Å². The second-order valence-electron chi connectivity index (χ2n) is 10.1. The Morgan fingerprint density at radius 3 is 1.79 bits per heavy atom. The third-order valence-corrected chi connectivity index (χ3v) is 5.90. The number of rotatable bonds is 1.